The number of hydrogen-bond donors (Lipinski definition) is 1. The fourth-order valence-electron chi connectivity index (χ4n) is 1.94. The minimum atomic E-state index is -0.556. The van der Waals surface area contributed by atoms with Gasteiger partial charge in [0.1, 0.15) is 0 Å². The topological polar surface area (TPSA) is 32.7 Å². The van der Waals surface area contributed by atoms with Crippen LogP contribution >= 0.6 is 18.6 Å². The predicted octanol–water partition coefficient (Wildman–Crippen LogP) is 5.73. The molecule has 1 aliphatic carbocycles. The Balaban J connectivity index is 0. The molecular formula is C19H29Cl2NO2Ti-2. The van der Waals surface area contributed by atoms with Gasteiger partial charge in [0.2, 0.25) is 0 Å². The van der Waals surface area contributed by atoms with E-state index in [0.717, 1.165) is 6.54 Å². The number of rotatable bonds is 3. The van der Waals surface area contributed by atoms with Crippen LogP contribution in [0.1, 0.15) is 32.3 Å². The van der Waals surface area contributed by atoms with E-state index in [4.69, 9.17) is 23.9 Å². The van der Waals surface area contributed by atoms with E-state index in [-0.39, 0.29) is 0 Å². The number of halogens is 2. The molecule has 0 saturated heterocycles. The van der Waals surface area contributed by atoms with Gasteiger partial charge in [0.05, 0.1) is 7.11 Å². The summed E-state index contributed by atoms with van der Waals surface area (Å²) in [5.41, 5.74) is 2.71. The van der Waals surface area contributed by atoms with Crippen LogP contribution in [0, 0.1) is 12.0 Å². The zero-order valence-corrected chi connectivity index (χ0v) is 19.0. The first-order valence-electron chi connectivity index (χ1n) is 7.73. The summed E-state index contributed by atoms with van der Waals surface area (Å²) in [6.45, 7) is 7.26. The van der Waals surface area contributed by atoms with Crippen LogP contribution in [0.5, 0.6) is 0 Å². The summed E-state index contributed by atoms with van der Waals surface area (Å²) >= 11 is -0.556. The fourth-order valence-corrected chi connectivity index (χ4v) is 1.94. The van der Waals surface area contributed by atoms with Crippen LogP contribution in [0.3, 0.4) is 0 Å². The Hall–Kier alpha value is -0.126. The number of nitrogens with zero attached hydrogens (tertiary/aromatic N) is 1. The maximum atomic E-state index is 7.07. The van der Waals surface area contributed by atoms with Crippen molar-refractivity contribution in [2.75, 3.05) is 27.7 Å². The molecule has 0 amide bonds. The molecule has 0 aliphatic heterocycles. The maximum absolute atomic E-state index is 7.07. The van der Waals surface area contributed by atoms with E-state index in [1.54, 1.807) is 0 Å². The van der Waals surface area contributed by atoms with E-state index in [9.17, 15) is 0 Å². The predicted molar refractivity (Wildman–Crippen MR) is 105 cm³/mol. The van der Waals surface area contributed by atoms with Crippen molar-refractivity contribution in [2.45, 2.75) is 26.7 Å². The molecule has 0 aromatic heterocycles. The summed E-state index contributed by atoms with van der Waals surface area (Å²) in [4.78, 5) is 5.45. The third-order valence-electron chi connectivity index (χ3n) is 2.58. The Morgan fingerprint density at radius 3 is 2.20 bits per heavy atom. The molecule has 1 unspecified atom stereocenters. The fraction of sp³-hybridized carbons (Fsp3) is 0.421. The summed E-state index contributed by atoms with van der Waals surface area (Å²) in [6, 6.07) is 11.5. The van der Waals surface area contributed by atoms with Gasteiger partial charge >= 0.3 is 35.6 Å². The molecule has 0 radical (unpaired) electrons. The van der Waals surface area contributed by atoms with Crippen LogP contribution in [-0.4, -0.2) is 37.9 Å². The van der Waals surface area contributed by atoms with Crippen molar-refractivity contribution < 1.29 is 27.2 Å². The van der Waals surface area contributed by atoms with Crippen molar-refractivity contribution in [1.29, 1.82) is 0 Å². The van der Waals surface area contributed by atoms with E-state index < -0.39 is 17.0 Å². The standard InChI is InChI=1S/C14H16N.C4H9.CH4O2.2ClH.Ti/c1-15(2)11-13-9-6-10-14(13)12-7-4-3-5-8-12;1-4(2)3;1-3-2;;;/h3-7,9-10,14H,11H2,1-2H3;1-3H3;2H,1H3;2*1H;/q2*-1;;;;+2/p-2. The van der Waals surface area contributed by atoms with Gasteiger partial charge in [-0.15, -0.1) is 0 Å². The Bertz CT molecular complexity index is 461. The molecule has 1 aromatic carbocycles. The molecule has 0 fully saturated rings. The quantitative estimate of drug-likeness (QED) is 0.292. The van der Waals surface area contributed by atoms with Gasteiger partial charge in [-0.1, -0.05) is 18.2 Å². The average molecular weight is 422 g/mol. The molecule has 2 rings (SSSR count). The first kappa shape index (κ1) is 27.1. The second-order valence-corrected chi connectivity index (χ2v) is 8.49. The molecule has 1 atom stereocenters. The minimum absolute atomic E-state index is 0.425. The van der Waals surface area contributed by atoms with Crippen LogP contribution in [0.2, 0.25) is 0 Å². The van der Waals surface area contributed by atoms with E-state index in [1.165, 1.54) is 24.2 Å². The molecule has 1 N–H and O–H groups in total. The van der Waals surface area contributed by atoms with E-state index in [0.29, 0.717) is 5.92 Å². The van der Waals surface area contributed by atoms with E-state index >= 15 is 0 Å². The SMILES string of the molecule is CN(C)CC1=CC=CC1c1[c-]cccc1.COO.C[C-](C)C.[Cl][Ti][Cl]. The monoisotopic (exact) mass is 421 g/mol. The van der Waals surface area contributed by atoms with Crippen LogP contribution in [0.15, 0.2) is 48.1 Å². The van der Waals surface area contributed by atoms with Crippen molar-refractivity contribution in [3.63, 3.8) is 0 Å². The number of benzene rings is 1. The van der Waals surface area contributed by atoms with Crippen LogP contribution in [0.4, 0.5) is 0 Å². The zero-order valence-electron chi connectivity index (χ0n) is 15.9. The average Bonchev–Trinajstić information content (AvgIpc) is 2.96. The van der Waals surface area contributed by atoms with Gasteiger partial charge in [0, 0.05) is 12.5 Å². The molecule has 1 aliphatic rings. The van der Waals surface area contributed by atoms with Crippen LogP contribution in [-0.2, 0) is 21.9 Å². The van der Waals surface area contributed by atoms with Gasteiger partial charge in [0.25, 0.3) is 0 Å². The molecule has 0 bridgehead atoms. The molecule has 1 aromatic rings. The summed E-state index contributed by atoms with van der Waals surface area (Å²) < 4.78 is 0. The summed E-state index contributed by atoms with van der Waals surface area (Å²) in [5, 5.41) is 7.07. The van der Waals surface area contributed by atoms with E-state index in [1.807, 2.05) is 12.1 Å². The number of likely N-dealkylation sites (N-methyl/N-ethyl adjacent to an activating group) is 1. The summed E-state index contributed by atoms with van der Waals surface area (Å²) in [5.74, 6) is 1.84. The molecule has 0 saturated carbocycles. The molecule has 6 heteroatoms. The Labute approximate surface area is 170 Å². The molecule has 25 heavy (non-hydrogen) atoms. The van der Waals surface area contributed by atoms with Gasteiger partial charge in [-0.05, 0) is 19.7 Å². The first-order chi connectivity index (χ1) is 11.8. The van der Waals surface area contributed by atoms with Crippen molar-refractivity contribution >= 4 is 18.6 Å². The molecule has 3 nitrogen and oxygen atoms in total. The first-order valence-corrected chi connectivity index (χ1v) is 12.0. The Morgan fingerprint density at radius 2 is 1.80 bits per heavy atom. The Morgan fingerprint density at radius 1 is 1.28 bits per heavy atom. The van der Waals surface area contributed by atoms with Crippen LogP contribution < -0.4 is 0 Å². The molecule has 0 spiro atoms. The van der Waals surface area contributed by atoms with Crippen LogP contribution in [0.25, 0.3) is 0 Å². The third kappa shape index (κ3) is 17.1. The van der Waals surface area contributed by atoms with Gasteiger partial charge in [-0.3, -0.25) is 5.26 Å². The molecular weight excluding hydrogens is 393 g/mol. The van der Waals surface area contributed by atoms with Gasteiger partial charge in [-0.25, -0.2) is 4.89 Å². The van der Waals surface area contributed by atoms with Crippen molar-refractivity contribution in [1.82, 2.24) is 4.90 Å². The van der Waals surface area contributed by atoms with Gasteiger partial charge in [0.15, 0.2) is 0 Å². The third-order valence-corrected chi connectivity index (χ3v) is 2.58. The zero-order chi connectivity index (χ0) is 19.7. The van der Waals surface area contributed by atoms with E-state index in [2.05, 4.69) is 81.1 Å². The van der Waals surface area contributed by atoms with Gasteiger partial charge in [-0.2, -0.15) is 56.7 Å². The van der Waals surface area contributed by atoms with Crippen molar-refractivity contribution in [3.05, 3.63) is 65.6 Å². The second kappa shape index (κ2) is 18.7. The molecule has 142 valence electrons. The summed E-state index contributed by atoms with van der Waals surface area (Å²) in [7, 11) is 15.2. The number of hydrogen-bond acceptors (Lipinski definition) is 3. The normalized spacial score (nSPS) is 14.5. The van der Waals surface area contributed by atoms with Crippen molar-refractivity contribution in [3.8, 4) is 0 Å². The van der Waals surface area contributed by atoms with Crippen molar-refractivity contribution in [2.24, 2.45) is 0 Å². The number of allylic oxidation sites excluding steroid dienone is 3. The summed E-state index contributed by atoms with van der Waals surface area (Å²) in [6.07, 6.45) is 6.60. The molecule has 0 heterocycles. The Kier molecular flexibility index (Phi) is 20.2. The second-order valence-electron chi connectivity index (χ2n) is 5.91. The van der Waals surface area contributed by atoms with Gasteiger partial charge < -0.3 is 10.8 Å².